The van der Waals surface area contributed by atoms with Crippen LogP contribution in [0.25, 0.3) is 0 Å². The van der Waals surface area contributed by atoms with E-state index in [1.165, 1.54) is 26.0 Å². The maximum atomic E-state index is 12.1. The fourth-order valence-electron chi connectivity index (χ4n) is 1.21. The van der Waals surface area contributed by atoms with Crippen LogP contribution in [0.1, 0.15) is 19.4 Å². The third-order valence-electron chi connectivity index (χ3n) is 2.57. The molecule has 4 nitrogen and oxygen atoms in total. The van der Waals surface area contributed by atoms with Gasteiger partial charge in [-0.1, -0.05) is 12.1 Å². The Hall–Kier alpha value is -1.36. The SMILES string of the molecule is Cc1cccc(S(=O)(=O)C(C)(C)C(N)=O)c1. The molecule has 0 unspecified atom stereocenters. The molecular weight excluding hydrogens is 226 g/mol. The molecule has 0 bridgehead atoms. The van der Waals surface area contributed by atoms with E-state index in [2.05, 4.69) is 0 Å². The van der Waals surface area contributed by atoms with Crippen LogP contribution in [0, 0.1) is 6.92 Å². The van der Waals surface area contributed by atoms with Crippen molar-refractivity contribution in [3.05, 3.63) is 29.8 Å². The summed E-state index contributed by atoms with van der Waals surface area (Å²) in [7, 11) is -3.73. The number of carbonyl (C=O) groups excluding carboxylic acids is 1. The molecule has 16 heavy (non-hydrogen) atoms. The Morgan fingerprint density at radius 1 is 1.31 bits per heavy atom. The van der Waals surface area contributed by atoms with Crippen LogP contribution in [0.3, 0.4) is 0 Å². The molecule has 0 atom stereocenters. The molecule has 0 aliphatic carbocycles. The highest BCUT2D eigenvalue weighted by atomic mass is 32.2. The number of primary amides is 1. The molecule has 88 valence electrons. The summed E-state index contributed by atoms with van der Waals surface area (Å²) in [5.74, 6) is -0.853. The van der Waals surface area contributed by atoms with E-state index in [0.29, 0.717) is 0 Å². The minimum atomic E-state index is -3.73. The Bertz CT molecular complexity index is 518. The first-order valence-corrected chi connectivity index (χ1v) is 6.29. The van der Waals surface area contributed by atoms with E-state index in [0.717, 1.165) is 5.56 Å². The Morgan fingerprint density at radius 2 is 1.88 bits per heavy atom. The smallest absolute Gasteiger partial charge is 0.238 e. The van der Waals surface area contributed by atoms with Gasteiger partial charge in [0, 0.05) is 0 Å². The summed E-state index contributed by atoms with van der Waals surface area (Å²) < 4.78 is 22.7. The lowest BCUT2D eigenvalue weighted by atomic mass is 10.2. The van der Waals surface area contributed by atoms with Gasteiger partial charge in [0.05, 0.1) is 4.90 Å². The third-order valence-corrected chi connectivity index (χ3v) is 4.98. The summed E-state index contributed by atoms with van der Waals surface area (Å²) in [6, 6.07) is 6.42. The number of hydrogen-bond donors (Lipinski definition) is 1. The molecule has 0 spiro atoms. The van der Waals surface area contributed by atoms with Crippen molar-refractivity contribution in [3.8, 4) is 0 Å². The fraction of sp³-hybridized carbons (Fsp3) is 0.364. The molecule has 0 heterocycles. The summed E-state index contributed by atoms with van der Waals surface area (Å²) in [5, 5.41) is 0. The van der Waals surface area contributed by atoms with Crippen molar-refractivity contribution < 1.29 is 13.2 Å². The maximum absolute atomic E-state index is 12.1. The average molecular weight is 241 g/mol. The molecule has 0 saturated carbocycles. The summed E-state index contributed by atoms with van der Waals surface area (Å²) in [5.41, 5.74) is 5.93. The molecule has 1 aromatic rings. The van der Waals surface area contributed by atoms with Crippen molar-refractivity contribution in [1.82, 2.24) is 0 Å². The molecule has 1 amide bonds. The van der Waals surface area contributed by atoms with Crippen LogP contribution in [0.15, 0.2) is 29.2 Å². The summed E-state index contributed by atoms with van der Waals surface area (Å²) in [6.45, 7) is 4.41. The number of benzene rings is 1. The van der Waals surface area contributed by atoms with E-state index in [4.69, 9.17) is 5.73 Å². The number of rotatable bonds is 3. The molecule has 2 N–H and O–H groups in total. The van der Waals surface area contributed by atoms with E-state index in [9.17, 15) is 13.2 Å². The molecule has 0 radical (unpaired) electrons. The van der Waals surface area contributed by atoms with Crippen LogP contribution in [-0.4, -0.2) is 19.1 Å². The van der Waals surface area contributed by atoms with Gasteiger partial charge < -0.3 is 5.73 Å². The molecule has 5 heteroatoms. The lowest BCUT2D eigenvalue weighted by molar-refractivity contribution is -0.119. The van der Waals surface area contributed by atoms with E-state index >= 15 is 0 Å². The zero-order chi connectivity index (χ0) is 12.6. The molecular formula is C11H15NO3S. The third kappa shape index (κ3) is 1.95. The van der Waals surface area contributed by atoms with E-state index in [1.807, 2.05) is 0 Å². The Kier molecular flexibility index (Phi) is 3.10. The molecule has 0 saturated heterocycles. The van der Waals surface area contributed by atoms with Gasteiger partial charge in [0.25, 0.3) is 0 Å². The molecule has 1 aromatic carbocycles. The maximum Gasteiger partial charge on any atom is 0.238 e. The number of hydrogen-bond acceptors (Lipinski definition) is 3. The number of nitrogens with two attached hydrogens (primary N) is 1. The molecule has 0 aromatic heterocycles. The minimum Gasteiger partial charge on any atom is -0.368 e. The first-order valence-electron chi connectivity index (χ1n) is 4.81. The topological polar surface area (TPSA) is 77.2 Å². The van der Waals surface area contributed by atoms with Gasteiger partial charge >= 0.3 is 0 Å². The van der Waals surface area contributed by atoms with Gasteiger partial charge in [-0.05, 0) is 38.5 Å². The number of carbonyl (C=O) groups is 1. The van der Waals surface area contributed by atoms with Crippen LogP contribution < -0.4 is 5.73 Å². The highest BCUT2D eigenvalue weighted by Gasteiger charge is 2.41. The zero-order valence-corrected chi connectivity index (χ0v) is 10.3. The van der Waals surface area contributed by atoms with Gasteiger partial charge in [0.15, 0.2) is 9.84 Å². The summed E-state index contributed by atoms with van der Waals surface area (Å²) in [6.07, 6.45) is 0. The van der Waals surface area contributed by atoms with E-state index in [1.54, 1.807) is 19.1 Å². The second kappa shape index (κ2) is 3.90. The van der Waals surface area contributed by atoms with Crippen molar-refractivity contribution in [1.29, 1.82) is 0 Å². The lowest BCUT2D eigenvalue weighted by Crippen LogP contribution is -2.45. The number of sulfone groups is 1. The number of amides is 1. The van der Waals surface area contributed by atoms with E-state index in [-0.39, 0.29) is 4.90 Å². The van der Waals surface area contributed by atoms with Crippen molar-refractivity contribution in [3.63, 3.8) is 0 Å². The van der Waals surface area contributed by atoms with Crippen molar-refractivity contribution in [2.24, 2.45) is 5.73 Å². The van der Waals surface area contributed by atoms with Crippen molar-refractivity contribution >= 4 is 15.7 Å². The Morgan fingerprint density at radius 3 is 2.31 bits per heavy atom. The van der Waals surface area contributed by atoms with Crippen LogP contribution in [-0.2, 0) is 14.6 Å². The van der Waals surface area contributed by atoms with Crippen LogP contribution in [0.5, 0.6) is 0 Å². The van der Waals surface area contributed by atoms with E-state index < -0.39 is 20.5 Å². The Labute approximate surface area is 95.4 Å². The predicted octanol–water partition coefficient (Wildman–Crippen LogP) is 1.03. The predicted molar refractivity (Wildman–Crippen MR) is 61.6 cm³/mol. The molecule has 0 fully saturated rings. The van der Waals surface area contributed by atoms with Crippen molar-refractivity contribution in [2.75, 3.05) is 0 Å². The highest BCUT2D eigenvalue weighted by Crippen LogP contribution is 2.25. The molecule has 0 aliphatic heterocycles. The van der Waals surface area contributed by atoms with Gasteiger partial charge in [-0.25, -0.2) is 8.42 Å². The van der Waals surface area contributed by atoms with Crippen molar-refractivity contribution in [2.45, 2.75) is 30.4 Å². The zero-order valence-electron chi connectivity index (χ0n) is 9.52. The van der Waals surface area contributed by atoms with Gasteiger partial charge in [-0.2, -0.15) is 0 Å². The second-order valence-corrected chi connectivity index (χ2v) is 6.69. The summed E-state index contributed by atoms with van der Waals surface area (Å²) >= 11 is 0. The molecule has 1 rings (SSSR count). The van der Waals surface area contributed by atoms with Gasteiger partial charge in [0.2, 0.25) is 5.91 Å². The summed E-state index contributed by atoms with van der Waals surface area (Å²) in [4.78, 5) is 11.3. The second-order valence-electron chi connectivity index (χ2n) is 4.19. The Balaban J connectivity index is 3.39. The van der Waals surface area contributed by atoms with Crippen LogP contribution in [0.4, 0.5) is 0 Å². The average Bonchev–Trinajstić information content (AvgIpc) is 2.17. The largest absolute Gasteiger partial charge is 0.368 e. The fourth-order valence-corrected chi connectivity index (χ4v) is 2.66. The highest BCUT2D eigenvalue weighted by molar-refractivity contribution is 7.93. The first-order chi connectivity index (χ1) is 7.19. The minimum absolute atomic E-state index is 0.122. The van der Waals surface area contributed by atoms with Gasteiger partial charge in [-0.3, -0.25) is 4.79 Å². The number of aryl methyl sites for hydroxylation is 1. The van der Waals surface area contributed by atoms with Gasteiger partial charge in [0.1, 0.15) is 4.75 Å². The van der Waals surface area contributed by atoms with Crippen LogP contribution in [0.2, 0.25) is 0 Å². The normalized spacial score (nSPS) is 12.4. The van der Waals surface area contributed by atoms with Crippen LogP contribution >= 0.6 is 0 Å². The monoisotopic (exact) mass is 241 g/mol. The lowest BCUT2D eigenvalue weighted by Gasteiger charge is -2.21. The van der Waals surface area contributed by atoms with Gasteiger partial charge in [-0.15, -0.1) is 0 Å². The molecule has 0 aliphatic rings. The first kappa shape index (κ1) is 12.7. The quantitative estimate of drug-likeness (QED) is 0.858. The standard InChI is InChI=1S/C11H15NO3S/c1-8-5-4-6-9(7-8)16(14,15)11(2,3)10(12)13/h4-7H,1-3H3,(H2,12,13).